The van der Waals surface area contributed by atoms with E-state index in [0.717, 1.165) is 21.6 Å². The quantitative estimate of drug-likeness (QED) is 0.148. The van der Waals surface area contributed by atoms with E-state index in [-0.39, 0.29) is 42.2 Å². The summed E-state index contributed by atoms with van der Waals surface area (Å²) in [6.07, 6.45) is 1.17. The number of allylic oxidation sites excluding steroid dienone is 2. The number of halogens is 3. The Morgan fingerprint density at radius 1 is 0.964 bits per heavy atom. The van der Waals surface area contributed by atoms with Crippen molar-refractivity contribution in [2.75, 3.05) is 19.1 Å². The van der Waals surface area contributed by atoms with Crippen LogP contribution in [0, 0.1) is 12.7 Å². The van der Waals surface area contributed by atoms with Crippen molar-refractivity contribution >= 4 is 51.7 Å². The molecule has 0 radical (unpaired) electrons. The fourth-order valence-electron chi connectivity index (χ4n) is 8.25. The molecule has 2 aromatic heterocycles. The molecule has 2 aliphatic heterocycles. The number of para-hydroxylation sites is 1. The minimum absolute atomic E-state index is 0.0290. The fourth-order valence-corrected chi connectivity index (χ4v) is 9.16. The predicted octanol–water partition coefficient (Wildman–Crippen LogP) is 3.67. The predicted molar refractivity (Wildman–Crippen MR) is 200 cm³/mol. The van der Waals surface area contributed by atoms with Crippen molar-refractivity contribution in [3.63, 3.8) is 0 Å². The highest BCUT2D eigenvalue weighted by Gasteiger charge is 2.76. The number of hydrogen-bond acceptors (Lipinski definition) is 9. The lowest BCUT2D eigenvalue weighted by molar-refractivity contribution is -0.122. The molecule has 284 valence electrons. The largest absolute Gasteiger partial charge is 0.507 e. The molecule has 4 unspecified atom stereocenters. The van der Waals surface area contributed by atoms with Gasteiger partial charge < -0.3 is 19.1 Å². The first-order valence-corrected chi connectivity index (χ1v) is 18.0. The highest BCUT2D eigenvalue weighted by Crippen LogP contribution is 2.64. The zero-order chi connectivity index (χ0) is 39.3. The highest BCUT2D eigenvalue weighted by atomic mass is 35.5. The number of nitrogens with zero attached hydrogens (tertiary/aromatic N) is 6. The van der Waals surface area contributed by atoms with Gasteiger partial charge >= 0.3 is 11.4 Å². The average molecular weight is 792 g/mol. The van der Waals surface area contributed by atoms with Crippen LogP contribution in [-0.4, -0.2) is 64.4 Å². The topological polar surface area (TPSA) is 160 Å². The summed E-state index contributed by atoms with van der Waals surface area (Å²) in [5.41, 5.74) is 0.185. The van der Waals surface area contributed by atoms with Crippen molar-refractivity contribution in [3.8, 4) is 17.2 Å². The second kappa shape index (κ2) is 12.7. The summed E-state index contributed by atoms with van der Waals surface area (Å²) >= 11 is 14.7. The minimum atomic E-state index is -2.23. The van der Waals surface area contributed by atoms with E-state index >= 15 is 0 Å². The molecule has 4 atom stereocenters. The van der Waals surface area contributed by atoms with Crippen LogP contribution in [-0.2, 0) is 36.1 Å². The second-order valence-electron chi connectivity index (χ2n) is 13.8. The van der Waals surface area contributed by atoms with E-state index in [1.807, 2.05) is 0 Å². The number of methoxy groups -OCH3 is 2. The average Bonchev–Trinajstić information content (AvgIpc) is 3.50. The number of aryl methyl sites for hydroxylation is 3. The van der Waals surface area contributed by atoms with Gasteiger partial charge in [0.05, 0.1) is 43.5 Å². The van der Waals surface area contributed by atoms with Gasteiger partial charge in [-0.15, -0.1) is 23.2 Å². The number of phenols is 1. The van der Waals surface area contributed by atoms with Crippen LogP contribution in [0.5, 0.6) is 17.2 Å². The number of amides is 2. The number of aromatic nitrogens is 5. The Morgan fingerprint density at radius 3 is 2.35 bits per heavy atom. The third kappa shape index (κ3) is 4.98. The number of imide groups is 1. The third-order valence-corrected chi connectivity index (χ3v) is 12.5. The van der Waals surface area contributed by atoms with E-state index in [4.69, 9.17) is 32.7 Å². The van der Waals surface area contributed by atoms with Gasteiger partial charge in [0.1, 0.15) is 17.3 Å². The normalized spacial score (nSPS) is 23.0. The molecule has 8 rings (SSSR count). The molecule has 0 bridgehead atoms. The van der Waals surface area contributed by atoms with Gasteiger partial charge in [-0.2, -0.15) is 0 Å². The minimum Gasteiger partial charge on any atom is -0.507 e. The zero-order valence-electron chi connectivity index (χ0n) is 29.9. The number of carbonyl (C=O) groups is 2. The summed E-state index contributed by atoms with van der Waals surface area (Å²) in [5.74, 6) is -3.04. The van der Waals surface area contributed by atoms with Gasteiger partial charge in [-0.3, -0.25) is 14.4 Å². The first-order valence-electron chi connectivity index (χ1n) is 17.2. The molecule has 1 N–H and O–H groups in total. The van der Waals surface area contributed by atoms with Crippen molar-refractivity contribution < 1.29 is 28.6 Å². The molecule has 3 aromatic carbocycles. The molecule has 1 aliphatic carbocycles. The van der Waals surface area contributed by atoms with Crippen LogP contribution in [0.4, 0.5) is 10.1 Å². The summed E-state index contributed by atoms with van der Waals surface area (Å²) in [6.45, 7) is 1.31. The lowest BCUT2D eigenvalue weighted by Gasteiger charge is -2.49. The Balaban J connectivity index is 1.23. The number of aromatic hydroxyl groups is 1. The van der Waals surface area contributed by atoms with Crippen LogP contribution in [0.15, 0.2) is 80.6 Å². The molecule has 0 spiro atoms. The molecular weight excluding hydrogens is 758 g/mol. The Labute approximate surface area is 321 Å². The van der Waals surface area contributed by atoms with Gasteiger partial charge in [0.25, 0.3) is 17.4 Å². The molecule has 3 aliphatic rings. The molecule has 4 heterocycles. The molecule has 2 amide bonds. The lowest BCUT2D eigenvalue weighted by Crippen LogP contribution is -2.59. The van der Waals surface area contributed by atoms with Gasteiger partial charge in [-0.25, -0.2) is 37.8 Å². The van der Waals surface area contributed by atoms with Crippen LogP contribution >= 0.6 is 23.2 Å². The van der Waals surface area contributed by atoms with Crippen molar-refractivity contribution in [1.29, 1.82) is 0 Å². The van der Waals surface area contributed by atoms with E-state index in [9.17, 15) is 33.5 Å². The number of benzene rings is 3. The fraction of sp³-hybridized carbons (Fsp3) is 0.316. The van der Waals surface area contributed by atoms with Gasteiger partial charge in [0.2, 0.25) is 0 Å². The zero-order valence-corrected chi connectivity index (χ0v) is 31.4. The standard InChI is InChI=1S/C38H33Cl2FN6O8/c1-19-6-5-7-23(31(19)48)30-22-12-15-45-35(52)44(14-13-24-32(49)43(2)26-17-29(55-4)28(54-3)16-25(26)42-24)36(53)47(45)27(22)18-37(39)33(50)46(34(51)38(30,37)40)21-10-8-20(41)9-11-21/h5-12,16-17,27,30,48H,13-15,18H2,1-4H3. The number of anilines is 1. The first kappa shape index (κ1) is 36.3. The number of fused-ring (bicyclic) bond motifs is 5. The Kier molecular flexibility index (Phi) is 8.39. The number of hydrogen-bond donors (Lipinski definition) is 1. The summed E-state index contributed by atoms with van der Waals surface area (Å²) in [6, 6.07) is 11.7. The van der Waals surface area contributed by atoms with Crippen molar-refractivity contribution in [2.45, 2.75) is 54.6 Å². The maximum absolute atomic E-state index is 14.5. The third-order valence-electron chi connectivity index (χ3n) is 11.0. The number of ether oxygens (including phenoxy) is 2. The summed E-state index contributed by atoms with van der Waals surface area (Å²) < 4.78 is 29.5. The maximum atomic E-state index is 14.5. The molecule has 1 saturated carbocycles. The summed E-state index contributed by atoms with van der Waals surface area (Å²) in [5, 5.41) is 11.4. The maximum Gasteiger partial charge on any atom is 0.347 e. The molecule has 17 heteroatoms. The van der Waals surface area contributed by atoms with Crippen molar-refractivity contribution in [3.05, 3.63) is 120 Å². The van der Waals surface area contributed by atoms with Gasteiger partial charge in [0.15, 0.2) is 21.2 Å². The van der Waals surface area contributed by atoms with E-state index in [0.29, 0.717) is 33.7 Å². The lowest BCUT2D eigenvalue weighted by atomic mass is 9.64. The molecular formula is C38H33Cl2FN6O8. The Hall–Kier alpha value is -5.67. The Morgan fingerprint density at radius 2 is 1.65 bits per heavy atom. The van der Waals surface area contributed by atoms with Gasteiger partial charge in [-0.1, -0.05) is 24.3 Å². The SMILES string of the molecule is COc1cc2nc(CCn3c(=O)n4n(c3=O)C3CC5(Cl)C(=O)N(c6ccc(F)cc6)C(=O)C5(Cl)C(c5cccc(C)c5O)C3=CC4)c(=O)n(C)c2cc1OC. The summed E-state index contributed by atoms with van der Waals surface area (Å²) in [4.78, 5) is 71.6. The smallest absolute Gasteiger partial charge is 0.347 e. The van der Waals surface area contributed by atoms with Crippen LogP contribution in [0.1, 0.15) is 35.2 Å². The van der Waals surface area contributed by atoms with E-state index < -0.39 is 62.7 Å². The van der Waals surface area contributed by atoms with E-state index in [2.05, 4.69) is 4.98 Å². The number of phenolic OH excluding ortho intramolecular Hbond substituents is 1. The number of carbonyl (C=O) groups excluding carboxylic acids is 2. The van der Waals surface area contributed by atoms with Crippen molar-refractivity contribution in [1.82, 2.24) is 23.5 Å². The summed E-state index contributed by atoms with van der Waals surface area (Å²) in [7, 11) is 4.52. The molecule has 5 aromatic rings. The second-order valence-corrected chi connectivity index (χ2v) is 15.1. The van der Waals surface area contributed by atoms with Gasteiger partial charge in [0, 0.05) is 50.0 Å². The molecule has 55 heavy (non-hydrogen) atoms. The van der Waals surface area contributed by atoms with Crippen LogP contribution < -0.4 is 31.3 Å². The molecule has 14 nitrogen and oxygen atoms in total. The Bertz CT molecular complexity index is 2700. The molecule has 1 saturated heterocycles. The first-order chi connectivity index (χ1) is 26.2. The van der Waals surface area contributed by atoms with Crippen LogP contribution in [0.2, 0.25) is 0 Å². The van der Waals surface area contributed by atoms with Crippen molar-refractivity contribution in [2.24, 2.45) is 7.05 Å². The van der Waals surface area contributed by atoms with E-state index in [1.165, 1.54) is 40.3 Å². The molecule has 2 fully saturated rings. The monoisotopic (exact) mass is 790 g/mol. The number of alkyl halides is 2. The van der Waals surface area contributed by atoms with Gasteiger partial charge in [-0.05, 0) is 42.3 Å². The highest BCUT2D eigenvalue weighted by molar-refractivity contribution is 6.58. The van der Waals surface area contributed by atoms with Crippen LogP contribution in [0.3, 0.4) is 0 Å². The number of rotatable bonds is 7. The van der Waals surface area contributed by atoms with Crippen LogP contribution in [0.25, 0.3) is 11.0 Å². The van der Waals surface area contributed by atoms with E-state index in [1.54, 1.807) is 50.4 Å².